The molecule has 11 nitrogen and oxygen atoms in total. The average Bonchev–Trinajstić information content (AvgIpc) is 3.71. The summed E-state index contributed by atoms with van der Waals surface area (Å²) in [5.74, 6) is 0.649. The zero-order chi connectivity index (χ0) is 28.2. The summed E-state index contributed by atoms with van der Waals surface area (Å²) in [6, 6.07) is 4.99. The van der Waals surface area contributed by atoms with Gasteiger partial charge in [-0.05, 0) is 30.5 Å². The fourth-order valence-corrected chi connectivity index (χ4v) is 6.49. The van der Waals surface area contributed by atoms with Crippen LogP contribution >= 0.6 is 11.6 Å². The van der Waals surface area contributed by atoms with Crippen LogP contribution in [0.3, 0.4) is 0 Å². The molecule has 4 aliphatic rings. The van der Waals surface area contributed by atoms with E-state index in [0.717, 1.165) is 18.4 Å². The van der Waals surface area contributed by atoms with Gasteiger partial charge in [0.15, 0.2) is 11.8 Å². The Hall–Kier alpha value is -3.19. The van der Waals surface area contributed by atoms with Gasteiger partial charge in [-0.15, -0.1) is 0 Å². The molecule has 5 atom stereocenters. The number of anilines is 1. The van der Waals surface area contributed by atoms with Gasteiger partial charge in [-0.1, -0.05) is 11.6 Å². The molecule has 7 rings (SSSR count). The first kappa shape index (κ1) is 26.7. The molecule has 1 unspecified atom stereocenters. The number of aliphatic hydroxyl groups is 1. The molecule has 0 bridgehead atoms. The number of carbonyl (C=O) groups excluding carboxylic acids is 1. The van der Waals surface area contributed by atoms with Crippen LogP contribution < -0.4 is 14.8 Å². The first-order chi connectivity index (χ1) is 19.8. The van der Waals surface area contributed by atoms with Crippen LogP contribution in [0.2, 0.25) is 5.02 Å². The molecule has 0 spiro atoms. The highest BCUT2D eigenvalue weighted by Crippen LogP contribution is 2.40. The molecule has 218 valence electrons. The standard InChI is InChI=1S/C28H31ClFN5O6/c1-13(36)35-6-4-15(5-7-35)40-16-8-14-2-3-19(23(14)18(30)9-16)31-26-17(29)10-20-27(33-26)34-28(32-20)41-22-12-39-24-21(37)11-38-25(22)24/h8-10,15,19,21-22,24-25,37H,2-7,11-12H2,1H3,(H2,31,32,33,34)/t19?,21-,22-,24-,25-/m1/s1. The number of hydrogen-bond acceptors (Lipinski definition) is 9. The van der Waals surface area contributed by atoms with Crippen LogP contribution in [0.15, 0.2) is 18.2 Å². The van der Waals surface area contributed by atoms with Crippen molar-refractivity contribution in [2.24, 2.45) is 0 Å². The Morgan fingerprint density at radius 2 is 1.95 bits per heavy atom. The van der Waals surface area contributed by atoms with Crippen molar-refractivity contribution < 1.29 is 33.2 Å². The Balaban J connectivity index is 1.04. The molecule has 0 radical (unpaired) electrons. The van der Waals surface area contributed by atoms with Crippen molar-refractivity contribution in [3.05, 3.63) is 40.2 Å². The normalized spacial score (nSPS) is 27.7. The number of aliphatic hydroxyl groups excluding tert-OH is 1. The van der Waals surface area contributed by atoms with E-state index in [-0.39, 0.29) is 49.2 Å². The van der Waals surface area contributed by atoms with Gasteiger partial charge in [-0.25, -0.2) is 9.37 Å². The lowest BCUT2D eigenvalue weighted by molar-refractivity contribution is -0.130. The highest BCUT2D eigenvalue weighted by molar-refractivity contribution is 6.33. The zero-order valence-electron chi connectivity index (χ0n) is 22.4. The Labute approximate surface area is 240 Å². The second kappa shape index (κ2) is 10.6. The number of likely N-dealkylation sites (tertiary alicyclic amines) is 1. The predicted octanol–water partition coefficient (Wildman–Crippen LogP) is 3.15. The fourth-order valence-electron chi connectivity index (χ4n) is 6.29. The van der Waals surface area contributed by atoms with Crippen molar-refractivity contribution in [2.45, 2.75) is 69.2 Å². The van der Waals surface area contributed by atoms with Crippen LogP contribution in [0, 0.1) is 5.82 Å². The summed E-state index contributed by atoms with van der Waals surface area (Å²) < 4.78 is 38.7. The number of pyridine rings is 1. The minimum atomic E-state index is -0.667. The van der Waals surface area contributed by atoms with E-state index >= 15 is 4.39 Å². The second-order valence-electron chi connectivity index (χ2n) is 11.1. The number of aromatic nitrogens is 3. The van der Waals surface area contributed by atoms with Crippen LogP contribution in [0.4, 0.5) is 10.2 Å². The van der Waals surface area contributed by atoms with E-state index in [4.69, 9.17) is 30.5 Å². The molecule has 13 heteroatoms. The minimum Gasteiger partial charge on any atom is -0.490 e. The Bertz CT molecular complexity index is 1480. The molecule has 1 aliphatic carbocycles. The quantitative estimate of drug-likeness (QED) is 0.398. The number of hydrogen-bond donors (Lipinski definition) is 3. The number of aryl methyl sites for hydroxylation is 1. The van der Waals surface area contributed by atoms with Gasteiger partial charge in [0.25, 0.3) is 6.01 Å². The lowest BCUT2D eigenvalue weighted by atomic mass is 10.1. The second-order valence-corrected chi connectivity index (χ2v) is 11.5. The third-order valence-corrected chi connectivity index (χ3v) is 8.68. The van der Waals surface area contributed by atoms with E-state index in [2.05, 4.69) is 20.3 Å². The van der Waals surface area contributed by atoms with Crippen LogP contribution in [0.5, 0.6) is 11.8 Å². The van der Waals surface area contributed by atoms with Crippen molar-refractivity contribution in [3.8, 4) is 11.8 Å². The molecule has 3 fully saturated rings. The number of benzene rings is 1. The number of nitrogens with one attached hydrogen (secondary N) is 2. The van der Waals surface area contributed by atoms with Gasteiger partial charge >= 0.3 is 0 Å². The summed E-state index contributed by atoms with van der Waals surface area (Å²) in [6.07, 6.45) is 0.913. The SMILES string of the molecule is CC(=O)N1CCC(Oc2cc(F)c3c(c2)CCC3Nc2nc3nc(O[C@@H]4CO[C@H]5[C@@H]4OC[C@H]5O)[nH]c3cc2Cl)CC1. The Morgan fingerprint density at radius 3 is 2.76 bits per heavy atom. The molecule has 1 aromatic carbocycles. The molecular formula is C28H31ClFN5O6. The lowest BCUT2D eigenvalue weighted by Gasteiger charge is -2.31. The van der Waals surface area contributed by atoms with E-state index in [1.807, 2.05) is 11.0 Å². The number of imidazole rings is 1. The number of aromatic amines is 1. The van der Waals surface area contributed by atoms with Crippen molar-refractivity contribution in [2.75, 3.05) is 31.6 Å². The first-order valence-corrected chi connectivity index (χ1v) is 14.4. The topological polar surface area (TPSA) is 131 Å². The van der Waals surface area contributed by atoms with E-state index < -0.39 is 18.3 Å². The molecule has 0 saturated carbocycles. The number of amides is 1. The maximum atomic E-state index is 15.4. The fraction of sp³-hybridized carbons (Fsp3) is 0.536. The van der Waals surface area contributed by atoms with E-state index in [0.29, 0.717) is 59.2 Å². The van der Waals surface area contributed by atoms with Crippen LogP contribution in [0.25, 0.3) is 11.2 Å². The molecule has 3 saturated heterocycles. The maximum Gasteiger partial charge on any atom is 0.296 e. The molecule has 3 aliphatic heterocycles. The summed E-state index contributed by atoms with van der Waals surface area (Å²) in [4.78, 5) is 25.5. The molecule has 2 aromatic heterocycles. The molecular weight excluding hydrogens is 557 g/mol. The summed E-state index contributed by atoms with van der Waals surface area (Å²) in [7, 11) is 0. The molecule has 41 heavy (non-hydrogen) atoms. The van der Waals surface area contributed by atoms with Crippen molar-refractivity contribution in [1.29, 1.82) is 0 Å². The number of piperidine rings is 1. The lowest BCUT2D eigenvalue weighted by Crippen LogP contribution is -2.40. The highest BCUT2D eigenvalue weighted by Gasteiger charge is 2.48. The van der Waals surface area contributed by atoms with E-state index in [1.54, 1.807) is 13.0 Å². The number of carbonyl (C=O) groups is 1. The van der Waals surface area contributed by atoms with Gasteiger partial charge in [0.05, 0.1) is 29.8 Å². The number of H-pyrrole nitrogens is 1. The summed E-state index contributed by atoms with van der Waals surface area (Å²) in [5, 5.41) is 13.6. The number of nitrogens with zero attached hydrogens (tertiary/aromatic N) is 3. The number of ether oxygens (including phenoxy) is 4. The molecule has 3 aromatic rings. The molecule has 5 heterocycles. The minimum absolute atomic E-state index is 0.0456. The molecule has 3 N–H and O–H groups in total. The van der Waals surface area contributed by atoms with Gasteiger partial charge in [-0.3, -0.25) is 4.79 Å². The predicted molar refractivity (Wildman–Crippen MR) is 146 cm³/mol. The Morgan fingerprint density at radius 1 is 1.15 bits per heavy atom. The number of fused-ring (bicyclic) bond motifs is 3. The van der Waals surface area contributed by atoms with Crippen LogP contribution in [-0.2, 0) is 20.7 Å². The number of rotatable bonds is 6. The van der Waals surface area contributed by atoms with E-state index in [1.165, 1.54) is 6.07 Å². The summed E-state index contributed by atoms with van der Waals surface area (Å²) in [5.41, 5.74) is 2.46. The highest BCUT2D eigenvalue weighted by atomic mass is 35.5. The largest absolute Gasteiger partial charge is 0.490 e. The van der Waals surface area contributed by atoms with Crippen molar-refractivity contribution >= 4 is 34.5 Å². The monoisotopic (exact) mass is 587 g/mol. The van der Waals surface area contributed by atoms with Crippen LogP contribution in [-0.4, -0.2) is 87.7 Å². The third kappa shape index (κ3) is 5.07. The molecule has 1 amide bonds. The van der Waals surface area contributed by atoms with Crippen molar-refractivity contribution in [3.63, 3.8) is 0 Å². The summed E-state index contributed by atoms with van der Waals surface area (Å²) >= 11 is 6.56. The van der Waals surface area contributed by atoms with Crippen LogP contribution in [0.1, 0.15) is 43.4 Å². The maximum absolute atomic E-state index is 15.4. The van der Waals surface area contributed by atoms with Gasteiger partial charge in [0, 0.05) is 44.5 Å². The van der Waals surface area contributed by atoms with Gasteiger partial charge in [0.2, 0.25) is 5.91 Å². The van der Waals surface area contributed by atoms with Gasteiger partial charge in [0.1, 0.15) is 41.8 Å². The zero-order valence-corrected chi connectivity index (χ0v) is 23.2. The smallest absolute Gasteiger partial charge is 0.296 e. The number of halogens is 2. The van der Waals surface area contributed by atoms with Gasteiger partial charge < -0.3 is 39.3 Å². The van der Waals surface area contributed by atoms with E-state index in [9.17, 15) is 9.90 Å². The van der Waals surface area contributed by atoms with Crippen molar-refractivity contribution in [1.82, 2.24) is 19.9 Å². The average molecular weight is 588 g/mol. The summed E-state index contributed by atoms with van der Waals surface area (Å²) in [6.45, 7) is 3.36. The Kier molecular flexibility index (Phi) is 6.88. The van der Waals surface area contributed by atoms with Gasteiger partial charge in [-0.2, -0.15) is 4.98 Å². The third-order valence-electron chi connectivity index (χ3n) is 8.39. The first-order valence-electron chi connectivity index (χ1n) is 14.0.